The molecule has 1 unspecified atom stereocenters. The van der Waals surface area contributed by atoms with Gasteiger partial charge >= 0.3 is 0 Å². The highest BCUT2D eigenvalue weighted by Crippen LogP contribution is 2.17. The largest absolute Gasteiger partial charge is 0.484 e. The highest BCUT2D eigenvalue weighted by atomic mass is 32.2. The van der Waals surface area contributed by atoms with Crippen molar-refractivity contribution < 1.29 is 17.9 Å². The number of sulfonamides is 1. The molecule has 6 nitrogen and oxygen atoms in total. The monoisotopic (exact) mass is 340 g/mol. The zero-order valence-corrected chi connectivity index (χ0v) is 14.4. The minimum atomic E-state index is -3.19. The topological polar surface area (TPSA) is 75.7 Å². The molecule has 1 aliphatic heterocycles. The van der Waals surface area contributed by atoms with Crippen LogP contribution in [0, 0.1) is 12.8 Å². The molecular weight excluding hydrogens is 316 g/mol. The molecule has 0 aromatic heterocycles. The Morgan fingerprint density at radius 3 is 2.91 bits per heavy atom. The fraction of sp³-hybridized carbons (Fsp3) is 0.562. The molecule has 128 valence electrons. The molecule has 0 bridgehead atoms. The van der Waals surface area contributed by atoms with Crippen LogP contribution < -0.4 is 9.46 Å². The van der Waals surface area contributed by atoms with Crippen LogP contribution in [-0.4, -0.2) is 51.7 Å². The average Bonchev–Trinajstić information content (AvgIpc) is 2.50. The number of hydrogen-bond acceptors (Lipinski definition) is 4. The minimum absolute atomic E-state index is 0.00960. The second kappa shape index (κ2) is 7.79. The van der Waals surface area contributed by atoms with Gasteiger partial charge in [0.25, 0.3) is 5.91 Å². The summed E-state index contributed by atoms with van der Waals surface area (Å²) in [6, 6.07) is 7.58. The number of piperidine rings is 1. The molecule has 1 amide bonds. The van der Waals surface area contributed by atoms with Gasteiger partial charge in [-0.1, -0.05) is 12.1 Å². The number of carbonyl (C=O) groups excluding carboxylic acids is 1. The molecule has 1 atom stereocenters. The van der Waals surface area contributed by atoms with Crippen molar-refractivity contribution >= 4 is 15.9 Å². The fourth-order valence-corrected chi connectivity index (χ4v) is 3.21. The van der Waals surface area contributed by atoms with E-state index in [0.717, 1.165) is 24.7 Å². The third-order valence-electron chi connectivity index (χ3n) is 3.86. The average molecular weight is 340 g/mol. The summed E-state index contributed by atoms with van der Waals surface area (Å²) in [5.41, 5.74) is 1.08. The Balaban J connectivity index is 1.82. The van der Waals surface area contributed by atoms with Crippen molar-refractivity contribution in [2.24, 2.45) is 5.92 Å². The lowest BCUT2D eigenvalue weighted by atomic mass is 9.98. The number of nitrogens with one attached hydrogen (secondary N) is 1. The summed E-state index contributed by atoms with van der Waals surface area (Å²) in [5.74, 6) is 0.780. The molecule has 1 fully saturated rings. The number of hydrogen-bond donors (Lipinski definition) is 1. The lowest BCUT2D eigenvalue weighted by Gasteiger charge is -2.32. The summed E-state index contributed by atoms with van der Waals surface area (Å²) in [4.78, 5) is 14.0. The summed E-state index contributed by atoms with van der Waals surface area (Å²) in [6.45, 7) is 3.62. The molecule has 7 heteroatoms. The van der Waals surface area contributed by atoms with Gasteiger partial charge in [-0.15, -0.1) is 0 Å². The van der Waals surface area contributed by atoms with Crippen LogP contribution in [0.2, 0.25) is 0 Å². The summed E-state index contributed by atoms with van der Waals surface area (Å²) in [6.07, 6.45) is 2.95. The van der Waals surface area contributed by atoms with Crippen LogP contribution in [0.3, 0.4) is 0 Å². The zero-order valence-electron chi connectivity index (χ0n) is 13.6. The Labute approximate surface area is 137 Å². The molecule has 1 N–H and O–H groups in total. The maximum Gasteiger partial charge on any atom is 0.260 e. The highest BCUT2D eigenvalue weighted by Gasteiger charge is 2.24. The van der Waals surface area contributed by atoms with Crippen molar-refractivity contribution in [1.29, 1.82) is 0 Å². The van der Waals surface area contributed by atoms with E-state index in [-0.39, 0.29) is 18.4 Å². The van der Waals surface area contributed by atoms with Crippen LogP contribution in [0.1, 0.15) is 18.4 Å². The molecule has 1 heterocycles. The smallest absolute Gasteiger partial charge is 0.260 e. The van der Waals surface area contributed by atoms with Gasteiger partial charge in [0.1, 0.15) is 5.75 Å². The molecule has 0 radical (unpaired) electrons. The van der Waals surface area contributed by atoms with Crippen molar-refractivity contribution in [3.05, 3.63) is 29.8 Å². The predicted molar refractivity (Wildman–Crippen MR) is 88.8 cm³/mol. The normalized spacial score (nSPS) is 18.7. The molecular formula is C16H24N2O4S. The standard InChI is InChI=1S/C16H24N2O4S/c1-13-5-3-7-15(9-13)22-12-16(19)18-8-4-6-14(11-18)10-17-23(2,20)21/h3,5,7,9,14,17H,4,6,8,10-12H2,1-2H3. The lowest BCUT2D eigenvalue weighted by molar-refractivity contribution is -0.135. The van der Waals surface area contributed by atoms with Gasteiger partial charge in [0, 0.05) is 19.6 Å². The number of amides is 1. The quantitative estimate of drug-likeness (QED) is 0.843. The summed E-state index contributed by atoms with van der Waals surface area (Å²) in [7, 11) is -3.19. The van der Waals surface area contributed by atoms with Gasteiger partial charge in [-0.2, -0.15) is 0 Å². The second-order valence-corrected chi connectivity index (χ2v) is 7.91. The number of rotatable bonds is 6. The second-order valence-electron chi connectivity index (χ2n) is 6.07. The number of carbonyl (C=O) groups is 1. The SMILES string of the molecule is Cc1cccc(OCC(=O)N2CCCC(CNS(C)(=O)=O)C2)c1. The van der Waals surface area contributed by atoms with Crippen LogP contribution in [0.5, 0.6) is 5.75 Å². The lowest BCUT2D eigenvalue weighted by Crippen LogP contribution is -2.45. The van der Waals surface area contributed by atoms with Crippen LogP contribution in [0.15, 0.2) is 24.3 Å². The maximum atomic E-state index is 12.3. The predicted octanol–water partition coefficient (Wildman–Crippen LogP) is 1.16. The van der Waals surface area contributed by atoms with Crippen LogP contribution in [-0.2, 0) is 14.8 Å². The molecule has 23 heavy (non-hydrogen) atoms. The van der Waals surface area contributed by atoms with E-state index in [9.17, 15) is 13.2 Å². The molecule has 1 aromatic carbocycles. The number of ether oxygens (including phenoxy) is 1. The fourth-order valence-electron chi connectivity index (χ4n) is 2.67. The first-order valence-electron chi connectivity index (χ1n) is 7.75. The number of benzene rings is 1. The first kappa shape index (κ1) is 17.7. The van der Waals surface area contributed by atoms with Crippen LogP contribution in [0.25, 0.3) is 0 Å². The van der Waals surface area contributed by atoms with E-state index >= 15 is 0 Å². The third-order valence-corrected chi connectivity index (χ3v) is 4.55. The maximum absolute atomic E-state index is 12.3. The van der Waals surface area contributed by atoms with Crippen molar-refractivity contribution in [1.82, 2.24) is 9.62 Å². The molecule has 1 aliphatic rings. The van der Waals surface area contributed by atoms with Gasteiger partial charge in [-0.25, -0.2) is 13.1 Å². The Hall–Kier alpha value is -1.60. The van der Waals surface area contributed by atoms with Crippen molar-refractivity contribution in [3.63, 3.8) is 0 Å². The van der Waals surface area contributed by atoms with Crippen LogP contribution >= 0.6 is 0 Å². The van der Waals surface area contributed by atoms with Gasteiger partial charge in [0.15, 0.2) is 6.61 Å². The van der Waals surface area contributed by atoms with E-state index in [1.807, 2.05) is 31.2 Å². The molecule has 1 saturated heterocycles. The van der Waals surface area contributed by atoms with Crippen LogP contribution in [0.4, 0.5) is 0 Å². The minimum Gasteiger partial charge on any atom is -0.484 e. The van der Waals surface area contributed by atoms with Gasteiger partial charge < -0.3 is 9.64 Å². The Bertz CT molecular complexity index is 645. The number of nitrogens with zero attached hydrogens (tertiary/aromatic N) is 1. The Morgan fingerprint density at radius 1 is 1.43 bits per heavy atom. The molecule has 0 saturated carbocycles. The van der Waals surface area contributed by atoms with E-state index in [1.54, 1.807) is 4.90 Å². The van der Waals surface area contributed by atoms with Crippen molar-refractivity contribution in [2.45, 2.75) is 19.8 Å². The molecule has 1 aromatic rings. The Morgan fingerprint density at radius 2 is 2.22 bits per heavy atom. The summed E-state index contributed by atoms with van der Waals surface area (Å²) >= 11 is 0. The van der Waals surface area contributed by atoms with E-state index in [4.69, 9.17) is 4.74 Å². The van der Waals surface area contributed by atoms with E-state index in [0.29, 0.717) is 25.4 Å². The van der Waals surface area contributed by atoms with Gasteiger partial charge in [-0.3, -0.25) is 4.79 Å². The van der Waals surface area contributed by atoms with Gasteiger partial charge in [0.2, 0.25) is 10.0 Å². The van der Waals surface area contributed by atoms with E-state index in [1.165, 1.54) is 0 Å². The molecule has 0 spiro atoms. The Kier molecular flexibility index (Phi) is 6.01. The van der Waals surface area contributed by atoms with Gasteiger partial charge in [-0.05, 0) is 43.4 Å². The first-order valence-corrected chi connectivity index (χ1v) is 9.64. The van der Waals surface area contributed by atoms with E-state index < -0.39 is 10.0 Å². The summed E-state index contributed by atoms with van der Waals surface area (Å²) in [5, 5.41) is 0. The van der Waals surface area contributed by atoms with E-state index in [2.05, 4.69) is 4.72 Å². The third kappa shape index (κ3) is 6.19. The van der Waals surface area contributed by atoms with Crippen molar-refractivity contribution in [2.75, 3.05) is 32.5 Å². The molecule has 0 aliphatic carbocycles. The number of likely N-dealkylation sites (tertiary alicyclic amines) is 1. The number of aryl methyl sites for hydroxylation is 1. The van der Waals surface area contributed by atoms with Gasteiger partial charge in [0.05, 0.1) is 6.26 Å². The highest BCUT2D eigenvalue weighted by molar-refractivity contribution is 7.88. The zero-order chi connectivity index (χ0) is 16.9. The summed E-state index contributed by atoms with van der Waals surface area (Å²) < 4.78 is 30.4. The van der Waals surface area contributed by atoms with Crippen molar-refractivity contribution in [3.8, 4) is 5.75 Å². The first-order chi connectivity index (χ1) is 10.8. The molecule has 2 rings (SSSR count).